The van der Waals surface area contributed by atoms with Crippen LogP contribution in [0.15, 0.2) is 52.3 Å². The third-order valence-corrected chi connectivity index (χ3v) is 9.04. The van der Waals surface area contributed by atoms with Crippen LogP contribution in [-0.4, -0.2) is 46.4 Å². The first-order valence-electron chi connectivity index (χ1n) is 10.4. The molecule has 32 heavy (non-hydrogen) atoms. The fourth-order valence-corrected chi connectivity index (χ4v) is 6.28. The summed E-state index contributed by atoms with van der Waals surface area (Å²) >= 11 is 6.21. The SMILES string of the molecule is CC(NC(=O)c1ccc(Cl)c(S(=O)(=O)N2CCCCCC2)c1)c1ccc(S(C)(=O)=O)cc1. The van der Waals surface area contributed by atoms with Crippen molar-refractivity contribution >= 4 is 37.4 Å². The second-order valence-electron chi connectivity index (χ2n) is 8.00. The Morgan fingerprint density at radius 2 is 1.56 bits per heavy atom. The monoisotopic (exact) mass is 498 g/mol. The molecule has 174 valence electrons. The van der Waals surface area contributed by atoms with E-state index in [1.807, 2.05) is 0 Å². The Balaban J connectivity index is 1.80. The Bertz CT molecular complexity index is 1190. The van der Waals surface area contributed by atoms with Gasteiger partial charge in [0.15, 0.2) is 9.84 Å². The van der Waals surface area contributed by atoms with Crippen molar-refractivity contribution in [1.29, 1.82) is 0 Å². The van der Waals surface area contributed by atoms with E-state index >= 15 is 0 Å². The number of hydrogen-bond donors (Lipinski definition) is 1. The number of sulfonamides is 1. The lowest BCUT2D eigenvalue weighted by molar-refractivity contribution is 0.0939. The van der Waals surface area contributed by atoms with Crippen LogP contribution in [0.3, 0.4) is 0 Å². The van der Waals surface area contributed by atoms with Gasteiger partial charge in [-0.3, -0.25) is 4.79 Å². The van der Waals surface area contributed by atoms with Crippen molar-refractivity contribution in [3.05, 3.63) is 58.6 Å². The maximum atomic E-state index is 13.2. The molecule has 1 fully saturated rings. The molecule has 2 aromatic rings. The highest BCUT2D eigenvalue weighted by Crippen LogP contribution is 2.28. The highest BCUT2D eigenvalue weighted by atomic mass is 35.5. The van der Waals surface area contributed by atoms with Gasteiger partial charge in [-0.15, -0.1) is 0 Å². The molecule has 0 saturated carbocycles. The summed E-state index contributed by atoms with van der Waals surface area (Å²) in [4.78, 5) is 12.9. The Morgan fingerprint density at radius 3 is 2.12 bits per heavy atom. The van der Waals surface area contributed by atoms with Crippen LogP contribution < -0.4 is 5.32 Å². The summed E-state index contributed by atoms with van der Waals surface area (Å²) in [5.74, 6) is -0.450. The van der Waals surface area contributed by atoms with Crippen LogP contribution in [0.1, 0.15) is 54.6 Å². The number of carbonyl (C=O) groups is 1. The number of benzene rings is 2. The third-order valence-electron chi connectivity index (χ3n) is 5.53. The van der Waals surface area contributed by atoms with Gasteiger partial charge in [0.2, 0.25) is 10.0 Å². The molecule has 0 bridgehead atoms. The van der Waals surface area contributed by atoms with Gasteiger partial charge in [0.1, 0.15) is 4.90 Å². The lowest BCUT2D eigenvalue weighted by atomic mass is 10.1. The van der Waals surface area contributed by atoms with Crippen molar-refractivity contribution in [3.8, 4) is 0 Å². The van der Waals surface area contributed by atoms with Crippen molar-refractivity contribution in [1.82, 2.24) is 9.62 Å². The molecule has 1 aliphatic heterocycles. The van der Waals surface area contributed by atoms with E-state index in [1.165, 1.54) is 34.6 Å². The molecule has 7 nitrogen and oxygen atoms in total. The quantitative estimate of drug-likeness (QED) is 0.652. The molecule has 10 heteroatoms. The molecule has 1 aliphatic rings. The number of sulfone groups is 1. The number of halogens is 1. The zero-order chi connectivity index (χ0) is 23.5. The predicted octanol–water partition coefficient (Wildman–Crippen LogP) is 3.80. The van der Waals surface area contributed by atoms with Crippen molar-refractivity contribution in [2.45, 2.75) is 48.4 Å². The van der Waals surface area contributed by atoms with E-state index in [4.69, 9.17) is 11.6 Å². The van der Waals surface area contributed by atoms with E-state index in [-0.39, 0.29) is 20.4 Å². The molecule has 1 saturated heterocycles. The molecule has 1 unspecified atom stereocenters. The summed E-state index contributed by atoms with van der Waals surface area (Å²) in [7, 11) is -7.11. The van der Waals surface area contributed by atoms with Crippen molar-refractivity contribution in [2.24, 2.45) is 0 Å². The van der Waals surface area contributed by atoms with Gasteiger partial charge in [-0.2, -0.15) is 4.31 Å². The fraction of sp³-hybridized carbons (Fsp3) is 0.409. The molecule has 2 aromatic carbocycles. The average Bonchev–Trinajstić information content (AvgIpc) is 3.03. The number of rotatable bonds is 6. The Hall–Kier alpha value is -1.94. The lowest BCUT2D eigenvalue weighted by Crippen LogP contribution is -2.32. The molecule has 3 rings (SSSR count). The zero-order valence-electron chi connectivity index (χ0n) is 18.0. The number of amides is 1. The van der Waals surface area contributed by atoms with Gasteiger partial charge in [-0.05, 0) is 55.7 Å². The van der Waals surface area contributed by atoms with E-state index in [2.05, 4.69) is 5.32 Å². The molecular weight excluding hydrogens is 472 g/mol. The summed E-state index contributed by atoms with van der Waals surface area (Å²) in [6.45, 7) is 2.64. The van der Waals surface area contributed by atoms with Crippen LogP contribution in [0.25, 0.3) is 0 Å². The summed E-state index contributed by atoms with van der Waals surface area (Å²) < 4.78 is 51.0. The number of nitrogens with zero attached hydrogens (tertiary/aromatic N) is 1. The molecule has 0 aliphatic carbocycles. The standard InChI is InChI=1S/C22H27ClN2O5S2/c1-16(17-7-10-19(11-8-17)31(2,27)28)24-22(26)18-9-12-20(23)21(15-18)32(29,30)25-13-5-3-4-6-14-25/h7-12,15-16H,3-6,13-14H2,1-2H3,(H,24,26). The molecule has 1 heterocycles. The van der Waals surface area contributed by atoms with E-state index < -0.39 is 31.8 Å². The van der Waals surface area contributed by atoms with E-state index in [0.29, 0.717) is 13.1 Å². The minimum Gasteiger partial charge on any atom is -0.346 e. The van der Waals surface area contributed by atoms with Gasteiger partial charge in [-0.1, -0.05) is 36.6 Å². The van der Waals surface area contributed by atoms with Gasteiger partial charge in [0.05, 0.1) is 16.0 Å². The van der Waals surface area contributed by atoms with Gasteiger partial charge in [0.25, 0.3) is 5.91 Å². The molecule has 1 N–H and O–H groups in total. The van der Waals surface area contributed by atoms with Crippen LogP contribution in [0, 0.1) is 0 Å². The van der Waals surface area contributed by atoms with Crippen LogP contribution in [0.5, 0.6) is 0 Å². The molecule has 0 aromatic heterocycles. The predicted molar refractivity (Wildman–Crippen MR) is 124 cm³/mol. The molecular formula is C22H27ClN2O5S2. The summed E-state index contributed by atoms with van der Waals surface area (Å²) in [6.07, 6.45) is 4.71. The zero-order valence-corrected chi connectivity index (χ0v) is 20.4. The third kappa shape index (κ3) is 5.70. The lowest BCUT2D eigenvalue weighted by Gasteiger charge is -2.21. The van der Waals surface area contributed by atoms with Gasteiger partial charge in [-0.25, -0.2) is 16.8 Å². The van der Waals surface area contributed by atoms with Gasteiger partial charge < -0.3 is 5.32 Å². The van der Waals surface area contributed by atoms with E-state index in [0.717, 1.165) is 37.5 Å². The fourth-order valence-electron chi connectivity index (χ4n) is 3.63. The maximum absolute atomic E-state index is 13.2. The number of carbonyl (C=O) groups excluding carboxylic acids is 1. The smallest absolute Gasteiger partial charge is 0.251 e. The average molecular weight is 499 g/mol. The van der Waals surface area contributed by atoms with Crippen molar-refractivity contribution in [3.63, 3.8) is 0 Å². The summed E-state index contributed by atoms with van der Waals surface area (Å²) in [6, 6.07) is 10.1. The Labute approximate surface area is 194 Å². The summed E-state index contributed by atoms with van der Waals surface area (Å²) in [5, 5.41) is 2.90. The van der Waals surface area contributed by atoms with Crippen molar-refractivity contribution < 1.29 is 21.6 Å². The molecule has 1 amide bonds. The highest BCUT2D eigenvalue weighted by molar-refractivity contribution is 7.90. The summed E-state index contributed by atoms with van der Waals surface area (Å²) in [5.41, 5.74) is 0.902. The number of hydrogen-bond acceptors (Lipinski definition) is 5. The van der Waals surface area contributed by atoms with Crippen LogP contribution in [0.2, 0.25) is 5.02 Å². The van der Waals surface area contributed by atoms with E-state index in [9.17, 15) is 21.6 Å². The van der Waals surface area contributed by atoms with Crippen molar-refractivity contribution in [2.75, 3.05) is 19.3 Å². The minimum atomic E-state index is -3.81. The first kappa shape index (κ1) is 24.7. The minimum absolute atomic E-state index is 0.0705. The first-order valence-corrected chi connectivity index (χ1v) is 14.1. The first-order chi connectivity index (χ1) is 15.0. The molecule has 0 radical (unpaired) electrons. The second-order valence-corrected chi connectivity index (χ2v) is 12.3. The van der Waals surface area contributed by atoms with Gasteiger partial charge >= 0.3 is 0 Å². The molecule has 0 spiro atoms. The second kappa shape index (κ2) is 9.91. The number of nitrogens with one attached hydrogen (secondary N) is 1. The van der Waals surface area contributed by atoms with Crippen LogP contribution in [0.4, 0.5) is 0 Å². The van der Waals surface area contributed by atoms with Crippen LogP contribution in [-0.2, 0) is 19.9 Å². The largest absolute Gasteiger partial charge is 0.346 e. The molecule has 1 atom stereocenters. The topological polar surface area (TPSA) is 101 Å². The highest BCUT2D eigenvalue weighted by Gasteiger charge is 2.28. The Morgan fingerprint density at radius 1 is 0.969 bits per heavy atom. The van der Waals surface area contributed by atoms with E-state index in [1.54, 1.807) is 19.1 Å². The van der Waals surface area contributed by atoms with Crippen LogP contribution >= 0.6 is 11.6 Å². The maximum Gasteiger partial charge on any atom is 0.251 e. The van der Waals surface area contributed by atoms with Gasteiger partial charge in [0, 0.05) is 24.9 Å². The Kier molecular flexibility index (Phi) is 7.65. The normalized spacial score (nSPS) is 16.8.